The van der Waals surface area contributed by atoms with E-state index in [-0.39, 0.29) is 0 Å². The van der Waals surface area contributed by atoms with Gasteiger partial charge in [0.05, 0.1) is 0 Å². The van der Waals surface area contributed by atoms with Gasteiger partial charge in [-0.15, -0.1) is 0 Å². The minimum Gasteiger partial charge on any atom is -0.342 e. The van der Waals surface area contributed by atoms with E-state index in [2.05, 4.69) is 64.3 Å². The average Bonchev–Trinajstić information content (AvgIpc) is 2.97. The van der Waals surface area contributed by atoms with Crippen molar-refractivity contribution in [3.05, 3.63) is 89.8 Å². The van der Waals surface area contributed by atoms with Crippen molar-refractivity contribution < 1.29 is 0 Å². The van der Waals surface area contributed by atoms with Crippen LogP contribution in [0.15, 0.2) is 79.3 Å². The molecule has 112 valence electrons. The third-order valence-corrected chi connectivity index (χ3v) is 4.30. The van der Waals surface area contributed by atoms with Crippen LogP contribution >= 0.6 is 11.6 Å². The molecular formula is C20H15ClN2. The van der Waals surface area contributed by atoms with Crippen molar-refractivity contribution in [2.24, 2.45) is 0 Å². The van der Waals surface area contributed by atoms with Gasteiger partial charge in [0.25, 0.3) is 0 Å². The summed E-state index contributed by atoms with van der Waals surface area (Å²) in [6.45, 7) is 0.822. The molecule has 3 heteroatoms. The van der Waals surface area contributed by atoms with Crippen LogP contribution in [0, 0.1) is 0 Å². The van der Waals surface area contributed by atoms with E-state index in [4.69, 9.17) is 11.6 Å². The van der Waals surface area contributed by atoms with Crippen molar-refractivity contribution in [3.8, 4) is 11.1 Å². The number of rotatable bonds is 3. The first-order chi connectivity index (χ1) is 11.3. The highest BCUT2D eigenvalue weighted by Crippen LogP contribution is 2.30. The third-order valence-electron chi connectivity index (χ3n) is 4.05. The Balaban J connectivity index is 1.83. The van der Waals surface area contributed by atoms with E-state index in [1.54, 1.807) is 0 Å². The van der Waals surface area contributed by atoms with E-state index in [9.17, 15) is 0 Å². The number of halogens is 1. The van der Waals surface area contributed by atoms with Gasteiger partial charge >= 0.3 is 0 Å². The lowest BCUT2D eigenvalue weighted by molar-refractivity contribution is 0.837. The van der Waals surface area contributed by atoms with Gasteiger partial charge in [-0.05, 0) is 41.5 Å². The molecule has 2 aromatic heterocycles. The second-order valence-electron chi connectivity index (χ2n) is 5.55. The molecule has 0 unspecified atom stereocenters. The number of pyridine rings is 1. The Kier molecular flexibility index (Phi) is 3.60. The fraction of sp³-hybridized carbons (Fsp3) is 0.0500. The fourth-order valence-electron chi connectivity index (χ4n) is 2.93. The quantitative estimate of drug-likeness (QED) is 0.494. The van der Waals surface area contributed by atoms with Crippen molar-refractivity contribution in [3.63, 3.8) is 0 Å². The van der Waals surface area contributed by atoms with Gasteiger partial charge in [0.15, 0.2) is 0 Å². The Hall–Kier alpha value is -2.58. The first-order valence-corrected chi connectivity index (χ1v) is 7.92. The van der Waals surface area contributed by atoms with E-state index >= 15 is 0 Å². The Bertz CT molecular complexity index is 940. The van der Waals surface area contributed by atoms with E-state index in [1.807, 2.05) is 24.5 Å². The maximum absolute atomic E-state index is 5.98. The molecule has 2 heterocycles. The molecule has 0 N–H and O–H groups in total. The highest BCUT2D eigenvalue weighted by atomic mass is 35.5. The Morgan fingerprint density at radius 1 is 0.870 bits per heavy atom. The number of fused-ring (bicyclic) bond motifs is 1. The smallest absolute Gasteiger partial charge is 0.0489 e. The Labute approximate surface area is 140 Å². The lowest BCUT2D eigenvalue weighted by Crippen LogP contribution is -1.97. The van der Waals surface area contributed by atoms with Gasteiger partial charge in [0.1, 0.15) is 0 Å². The monoisotopic (exact) mass is 318 g/mol. The molecule has 0 aliphatic heterocycles. The van der Waals surface area contributed by atoms with Gasteiger partial charge in [-0.3, -0.25) is 4.98 Å². The van der Waals surface area contributed by atoms with Crippen LogP contribution in [0.4, 0.5) is 0 Å². The van der Waals surface area contributed by atoms with E-state index in [1.165, 1.54) is 27.6 Å². The van der Waals surface area contributed by atoms with Crippen molar-refractivity contribution >= 4 is 22.5 Å². The lowest BCUT2D eigenvalue weighted by Gasteiger charge is -2.05. The van der Waals surface area contributed by atoms with E-state index < -0.39 is 0 Å². The second kappa shape index (κ2) is 5.90. The number of benzene rings is 2. The maximum atomic E-state index is 5.98. The highest BCUT2D eigenvalue weighted by molar-refractivity contribution is 6.30. The molecule has 23 heavy (non-hydrogen) atoms. The molecule has 0 saturated carbocycles. The summed E-state index contributed by atoms with van der Waals surface area (Å²) in [7, 11) is 0. The molecule has 0 spiro atoms. The number of hydrogen-bond donors (Lipinski definition) is 0. The molecule has 0 radical (unpaired) electrons. The number of hydrogen-bond acceptors (Lipinski definition) is 1. The van der Waals surface area contributed by atoms with E-state index in [0.29, 0.717) is 0 Å². The van der Waals surface area contributed by atoms with Gasteiger partial charge in [-0.2, -0.15) is 0 Å². The van der Waals surface area contributed by atoms with Gasteiger partial charge in [-0.25, -0.2) is 0 Å². The zero-order valence-electron chi connectivity index (χ0n) is 12.5. The molecule has 0 aliphatic rings. The van der Waals surface area contributed by atoms with Crippen LogP contribution in [-0.4, -0.2) is 9.55 Å². The minimum atomic E-state index is 0.767. The van der Waals surface area contributed by atoms with Gasteiger partial charge in [0.2, 0.25) is 0 Å². The SMILES string of the molecule is Clc1ccc(Cn2cc(-c3ccncc3)c3ccccc32)cc1. The molecule has 4 rings (SSSR count). The minimum absolute atomic E-state index is 0.767. The Morgan fingerprint density at radius 2 is 1.61 bits per heavy atom. The zero-order valence-corrected chi connectivity index (χ0v) is 13.2. The first-order valence-electron chi connectivity index (χ1n) is 7.54. The predicted octanol–water partition coefficient (Wildman–Crippen LogP) is 5.41. The van der Waals surface area contributed by atoms with Gasteiger partial charge in [0, 0.05) is 46.6 Å². The number of aromatic nitrogens is 2. The summed E-state index contributed by atoms with van der Waals surface area (Å²) < 4.78 is 2.29. The summed E-state index contributed by atoms with van der Waals surface area (Å²) in [5.74, 6) is 0. The summed E-state index contributed by atoms with van der Waals surface area (Å²) in [5, 5.41) is 2.02. The molecule has 0 bridgehead atoms. The largest absolute Gasteiger partial charge is 0.342 e. The summed E-state index contributed by atoms with van der Waals surface area (Å²) in [6, 6.07) is 20.6. The van der Waals surface area contributed by atoms with E-state index in [0.717, 1.165) is 11.6 Å². The molecule has 0 atom stereocenters. The van der Waals surface area contributed by atoms with Crippen molar-refractivity contribution in [2.75, 3.05) is 0 Å². The summed E-state index contributed by atoms with van der Waals surface area (Å²) in [6.07, 6.45) is 5.88. The molecule has 0 amide bonds. The maximum Gasteiger partial charge on any atom is 0.0489 e. The lowest BCUT2D eigenvalue weighted by atomic mass is 10.1. The van der Waals surface area contributed by atoms with Crippen molar-refractivity contribution in [2.45, 2.75) is 6.54 Å². The summed E-state index contributed by atoms with van der Waals surface area (Å²) in [5.41, 5.74) is 4.88. The number of nitrogens with zero attached hydrogens (tertiary/aromatic N) is 2. The molecule has 4 aromatic rings. The second-order valence-corrected chi connectivity index (χ2v) is 5.99. The summed E-state index contributed by atoms with van der Waals surface area (Å²) >= 11 is 5.98. The van der Waals surface area contributed by atoms with Gasteiger partial charge in [-0.1, -0.05) is 41.9 Å². The average molecular weight is 319 g/mol. The predicted molar refractivity (Wildman–Crippen MR) is 95.7 cm³/mol. The van der Waals surface area contributed by atoms with Crippen LogP contribution in [0.25, 0.3) is 22.0 Å². The van der Waals surface area contributed by atoms with Crippen LogP contribution in [0.2, 0.25) is 5.02 Å². The van der Waals surface area contributed by atoms with Crippen molar-refractivity contribution in [1.29, 1.82) is 0 Å². The van der Waals surface area contributed by atoms with Crippen LogP contribution < -0.4 is 0 Å². The van der Waals surface area contributed by atoms with Crippen LogP contribution in [0.3, 0.4) is 0 Å². The normalized spacial score (nSPS) is 11.0. The first kappa shape index (κ1) is 14.0. The van der Waals surface area contributed by atoms with Gasteiger partial charge < -0.3 is 4.57 Å². The zero-order chi connectivity index (χ0) is 15.6. The molecule has 2 aromatic carbocycles. The molecule has 0 aliphatic carbocycles. The molecular weight excluding hydrogens is 304 g/mol. The van der Waals surface area contributed by atoms with Crippen molar-refractivity contribution in [1.82, 2.24) is 9.55 Å². The van der Waals surface area contributed by atoms with Crippen LogP contribution in [-0.2, 0) is 6.54 Å². The summed E-state index contributed by atoms with van der Waals surface area (Å²) in [4.78, 5) is 4.11. The highest BCUT2D eigenvalue weighted by Gasteiger charge is 2.10. The molecule has 0 fully saturated rings. The van der Waals surface area contributed by atoms with Crippen LogP contribution in [0.1, 0.15) is 5.56 Å². The fourth-order valence-corrected chi connectivity index (χ4v) is 3.05. The standard InChI is InChI=1S/C20H15ClN2/c21-17-7-5-15(6-8-17)13-23-14-19(16-9-11-22-12-10-16)18-3-1-2-4-20(18)23/h1-12,14H,13H2. The molecule has 2 nitrogen and oxygen atoms in total. The number of para-hydroxylation sites is 1. The third kappa shape index (κ3) is 2.73. The van der Waals surface area contributed by atoms with Crippen LogP contribution in [0.5, 0.6) is 0 Å². The topological polar surface area (TPSA) is 17.8 Å². The Morgan fingerprint density at radius 3 is 2.39 bits per heavy atom. The molecule has 0 saturated heterocycles.